The van der Waals surface area contributed by atoms with Gasteiger partial charge in [-0.1, -0.05) is 13.3 Å². The van der Waals surface area contributed by atoms with Gasteiger partial charge < -0.3 is 15.8 Å². The van der Waals surface area contributed by atoms with E-state index in [0.717, 1.165) is 57.6 Å². The number of hydrogen-bond donors (Lipinski definition) is 2. The minimum Gasteiger partial charge on any atom is -0.375 e. The first-order chi connectivity index (χ1) is 11.2. The number of aromatic nitrogens is 3. The average molecular weight is 321 g/mol. The monoisotopic (exact) mass is 321 g/mol. The molecule has 0 aromatic carbocycles. The van der Waals surface area contributed by atoms with Crippen LogP contribution >= 0.6 is 0 Å². The molecule has 1 aromatic heterocycles. The molecule has 128 valence electrons. The molecular formula is C16H27N5O2. The van der Waals surface area contributed by atoms with Crippen LogP contribution in [-0.2, 0) is 22.5 Å². The predicted molar refractivity (Wildman–Crippen MR) is 86.0 cm³/mol. The Labute approximate surface area is 137 Å². The number of primary amides is 1. The van der Waals surface area contributed by atoms with E-state index in [-0.39, 0.29) is 12.3 Å². The molecule has 2 fully saturated rings. The molecule has 2 heterocycles. The van der Waals surface area contributed by atoms with Gasteiger partial charge in [0.15, 0.2) is 5.82 Å². The maximum absolute atomic E-state index is 11.2. The molecule has 1 saturated heterocycles. The second-order valence-corrected chi connectivity index (χ2v) is 6.59. The van der Waals surface area contributed by atoms with E-state index < -0.39 is 0 Å². The SMILES string of the molecule is CCCCn1nc(CC(N)=O)nc1[C@H]1CC[C@H]2OCCN[C@@H]2C1. The van der Waals surface area contributed by atoms with Crippen LogP contribution in [-0.4, -0.2) is 46.0 Å². The largest absolute Gasteiger partial charge is 0.375 e. The lowest BCUT2D eigenvalue weighted by Crippen LogP contribution is -2.51. The van der Waals surface area contributed by atoms with Crippen molar-refractivity contribution in [3.63, 3.8) is 0 Å². The molecule has 0 radical (unpaired) electrons. The van der Waals surface area contributed by atoms with Gasteiger partial charge in [0.2, 0.25) is 5.91 Å². The van der Waals surface area contributed by atoms with Gasteiger partial charge in [-0.3, -0.25) is 4.79 Å². The zero-order chi connectivity index (χ0) is 16.2. The summed E-state index contributed by atoms with van der Waals surface area (Å²) < 4.78 is 7.85. The maximum atomic E-state index is 11.2. The van der Waals surface area contributed by atoms with Crippen LogP contribution in [0.25, 0.3) is 0 Å². The summed E-state index contributed by atoms with van der Waals surface area (Å²) >= 11 is 0. The maximum Gasteiger partial charge on any atom is 0.225 e. The third-order valence-electron chi connectivity index (χ3n) is 4.79. The topological polar surface area (TPSA) is 95.1 Å². The molecular weight excluding hydrogens is 294 g/mol. The first-order valence-electron chi connectivity index (χ1n) is 8.74. The van der Waals surface area contributed by atoms with E-state index in [1.54, 1.807) is 0 Å². The fraction of sp³-hybridized carbons (Fsp3) is 0.812. The Morgan fingerprint density at radius 1 is 1.48 bits per heavy atom. The molecule has 7 nitrogen and oxygen atoms in total. The summed E-state index contributed by atoms with van der Waals surface area (Å²) in [6.07, 6.45) is 5.74. The smallest absolute Gasteiger partial charge is 0.225 e. The van der Waals surface area contributed by atoms with Crippen molar-refractivity contribution in [1.29, 1.82) is 0 Å². The summed E-state index contributed by atoms with van der Waals surface area (Å²) in [6.45, 7) is 4.74. The number of ether oxygens (including phenoxy) is 1. The third kappa shape index (κ3) is 3.90. The van der Waals surface area contributed by atoms with Gasteiger partial charge in [0, 0.05) is 25.0 Å². The summed E-state index contributed by atoms with van der Waals surface area (Å²) in [4.78, 5) is 15.8. The fourth-order valence-corrected chi connectivity index (χ4v) is 3.65. The highest BCUT2D eigenvalue weighted by molar-refractivity contribution is 5.75. The molecule has 0 spiro atoms. The molecule has 1 aliphatic carbocycles. The van der Waals surface area contributed by atoms with Crippen molar-refractivity contribution in [2.45, 2.75) is 70.1 Å². The molecule has 1 saturated carbocycles. The van der Waals surface area contributed by atoms with Crippen LogP contribution in [0.3, 0.4) is 0 Å². The lowest BCUT2D eigenvalue weighted by atomic mass is 9.82. The van der Waals surface area contributed by atoms with E-state index in [4.69, 9.17) is 10.5 Å². The Hall–Kier alpha value is -1.47. The average Bonchev–Trinajstić information content (AvgIpc) is 2.94. The quantitative estimate of drug-likeness (QED) is 0.805. The van der Waals surface area contributed by atoms with Crippen LogP contribution in [0.2, 0.25) is 0 Å². The minimum atomic E-state index is -0.379. The number of amides is 1. The van der Waals surface area contributed by atoms with Crippen LogP contribution < -0.4 is 11.1 Å². The Bertz CT molecular complexity index is 545. The molecule has 1 amide bonds. The minimum absolute atomic E-state index is 0.117. The zero-order valence-corrected chi connectivity index (χ0v) is 13.8. The molecule has 3 rings (SSSR count). The van der Waals surface area contributed by atoms with Crippen molar-refractivity contribution in [2.75, 3.05) is 13.2 Å². The van der Waals surface area contributed by atoms with Crippen molar-refractivity contribution < 1.29 is 9.53 Å². The van der Waals surface area contributed by atoms with Crippen molar-refractivity contribution in [2.24, 2.45) is 5.73 Å². The number of hydrogen-bond acceptors (Lipinski definition) is 5. The first kappa shape index (κ1) is 16.4. The molecule has 3 atom stereocenters. The fourth-order valence-electron chi connectivity index (χ4n) is 3.65. The molecule has 23 heavy (non-hydrogen) atoms. The van der Waals surface area contributed by atoms with E-state index in [2.05, 4.69) is 22.3 Å². The summed E-state index contributed by atoms with van der Waals surface area (Å²) in [6, 6.07) is 0.401. The standard InChI is InChI=1S/C16H27N5O2/c1-2-3-7-21-16(19-15(20-21)10-14(17)22)11-4-5-13-12(9-11)18-6-8-23-13/h11-13,18H,2-10H2,1H3,(H2,17,22)/t11-,12+,13+/m0/s1. The highest BCUT2D eigenvalue weighted by Crippen LogP contribution is 2.34. The number of unbranched alkanes of at least 4 members (excludes halogenated alkanes) is 1. The van der Waals surface area contributed by atoms with Crippen molar-refractivity contribution in [1.82, 2.24) is 20.1 Å². The van der Waals surface area contributed by atoms with Gasteiger partial charge in [-0.2, -0.15) is 5.10 Å². The third-order valence-corrected chi connectivity index (χ3v) is 4.79. The van der Waals surface area contributed by atoms with Gasteiger partial charge in [0.25, 0.3) is 0 Å². The van der Waals surface area contributed by atoms with E-state index in [0.29, 0.717) is 23.9 Å². The van der Waals surface area contributed by atoms with E-state index >= 15 is 0 Å². The van der Waals surface area contributed by atoms with Gasteiger partial charge in [0.1, 0.15) is 5.82 Å². The number of fused-ring (bicyclic) bond motifs is 1. The van der Waals surface area contributed by atoms with Gasteiger partial charge in [-0.25, -0.2) is 9.67 Å². The second kappa shape index (κ2) is 7.40. The summed E-state index contributed by atoms with van der Waals surface area (Å²) in [5.41, 5.74) is 5.30. The Balaban J connectivity index is 1.76. The summed E-state index contributed by atoms with van der Waals surface area (Å²) in [7, 11) is 0. The second-order valence-electron chi connectivity index (χ2n) is 6.59. The van der Waals surface area contributed by atoms with Crippen molar-refractivity contribution in [3.05, 3.63) is 11.6 Å². The molecule has 1 aliphatic heterocycles. The molecule has 0 unspecified atom stereocenters. The highest BCUT2D eigenvalue weighted by atomic mass is 16.5. The van der Waals surface area contributed by atoms with Gasteiger partial charge >= 0.3 is 0 Å². The van der Waals surface area contributed by atoms with Gasteiger partial charge in [0.05, 0.1) is 19.1 Å². The number of aryl methyl sites for hydroxylation is 1. The number of nitrogens with zero attached hydrogens (tertiary/aromatic N) is 3. The summed E-state index contributed by atoms with van der Waals surface area (Å²) in [5.74, 6) is 1.56. The molecule has 7 heteroatoms. The number of carbonyl (C=O) groups excluding carboxylic acids is 1. The van der Waals surface area contributed by atoms with Crippen LogP contribution in [0.1, 0.15) is 56.6 Å². The van der Waals surface area contributed by atoms with Crippen LogP contribution in [0.4, 0.5) is 0 Å². The number of nitrogens with one attached hydrogen (secondary N) is 1. The van der Waals surface area contributed by atoms with Gasteiger partial charge in [-0.05, 0) is 25.7 Å². The Kier molecular flexibility index (Phi) is 5.27. The number of morpholine rings is 1. The number of carbonyl (C=O) groups is 1. The van der Waals surface area contributed by atoms with Crippen molar-refractivity contribution in [3.8, 4) is 0 Å². The van der Waals surface area contributed by atoms with Crippen LogP contribution in [0.5, 0.6) is 0 Å². The lowest BCUT2D eigenvalue weighted by Gasteiger charge is -2.39. The van der Waals surface area contributed by atoms with E-state index in [1.807, 2.05) is 4.68 Å². The molecule has 0 bridgehead atoms. The predicted octanol–water partition coefficient (Wildman–Crippen LogP) is 0.731. The van der Waals surface area contributed by atoms with Crippen molar-refractivity contribution >= 4 is 5.91 Å². The van der Waals surface area contributed by atoms with Crippen LogP contribution in [0, 0.1) is 0 Å². The van der Waals surface area contributed by atoms with Crippen LogP contribution in [0.15, 0.2) is 0 Å². The Morgan fingerprint density at radius 3 is 3.13 bits per heavy atom. The lowest BCUT2D eigenvalue weighted by molar-refractivity contribution is -0.117. The molecule has 3 N–H and O–H groups in total. The molecule has 2 aliphatic rings. The Morgan fingerprint density at radius 2 is 2.35 bits per heavy atom. The van der Waals surface area contributed by atoms with Gasteiger partial charge in [-0.15, -0.1) is 0 Å². The number of rotatable bonds is 6. The van der Waals surface area contributed by atoms with E-state index in [9.17, 15) is 4.79 Å². The molecule has 1 aromatic rings. The number of nitrogens with two attached hydrogens (primary N) is 1. The highest BCUT2D eigenvalue weighted by Gasteiger charge is 2.35. The first-order valence-corrected chi connectivity index (χ1v) is 8.74. The normalized spacial score (nSPS) is 27.6. The van der Waals surface area contributed by atoms with E-state index in [1.165, 1.54) is 0 Å². The zero-order valence-electron chi connectivity index (χ0n) is 13.8. The summed E-state index contributed by atoms with van der Waals surface area (Å²) in [5, 5.41) is 8.09.